The highest BCUT2D eigenvalue weighted by Gasteiger charge is 2.21. The normalized spacial score (nSPS) is 18.3. The van der Waals surface area contributed by atoms with Gasteiger partial charge in [0, 0.05) is 6.61 Å². The second kappa shape index (κ2) is 5.19. The van der Waals surface area contributed by atoms with E-state index in [-0.39, 0.29) is 6.61 Å². The van der Waals surface area contributed by atoms with E-state index in [1.165, 1.54) is 20.0 Å². The molecule has 1 unspecified atom stereocenters. The molecule has 1 rings (SSSR count). The maximum absolute atomic E-state index is 10.8. The van der Waals surface area contributed by atoms with Gasteiger partial charge in [0.15, 0.2) is 0 Å². The van der Waals surface area contributed by atoms with Gasteiger partial charge in [0.05, 0.1) is 13.7 Å². The third kappa shape index (κ3) is 4.24. The molecule has 1 saturated carbocycles. The van der Waals surface area contributed by atoms with Crippen molar-refractivity contribution in [3.05, 3.63) is 0 Å². The SMILES string of the molecule is COC(=O)C(N)COCCC1CC1. The summed E-state index contributed by atoms with van der Waals surface area (Å²) in [5.41, 5.74) is 5.46. The lowest BCUT2D eigenvalue weighted by Gasteiger charge is -2.09. The first-order valence-corrected chi connectivity index (χ1v) is 4.65. The van der Waals surface area contributed by atoms with Crippen molar-refractivity contribution in [1.82, 2.24) is 0 Å². The van der Waals surface area contributed by atoms with E-state index in [4.69, 9.17) is 10.5 Å². The molecular weight excluding hydrogens is 170 g/mol. The van der Waals surface area contributed by atoms with Gasteiger partial charge in [-0.05, 0) is 12.3 Å². The molecular formula is C9H17NO3. The number of carbonyl (C=O) groups is 1. The molecule has 0 aromatic carbocycles. The second-order valence-corrected chi connectivity index (χ2v) is 3.44. The van der Waals surface area contributed by atoms with Gasteiger partial charge in [0.1, 0.15) is 6.04 Å². The summed E-state index contributed by atoms with van der Waals surface area (Å²) in [6, 6.07) is -0.635. The molecule has 1 aliphatic rings. The molecule has 1 atom stereocenters. The molecule has 0 radical (unpaired) electrons. The van der Waals surface area contributed by atoms with E-state index in [1.807, 2.05) is 0 Å². The molecule has 2 N–H and O–H groups in total. The van der Waals surface area contributed by atoms with Crippen LogP contribution in [0.3, 0.4) is 0 Å². The Morgan fingerprint density at radius 1 is 1.62 bits per heavy atom. The third-order valence-electron chi connectivity index (χ3n) is 2.17. The smallest absolute Gasteiger partial charge is 0.325 e. The van der Waals surface area contributed by atoms with Crippen molar-refractivity contribution >= 4 is 5.97 Å². The Bertz CT molecular complexity index is 168. The highest BCUT2D eigenvalue weighted by Crippen LogP contribution is 2.31. The topological polar surface area (TPSA) is 61.5 Å². The van der Waals surface area contributed by atoms with Gasteiger partial charge in [-0.3, -0.25) is 4.79 Å². The van der Waals surface area contributed by atoms with Gasteiger partial charge in [0.25, 0.3) is 0 Å². The first-order valence-electron chi connectivity index (χ1n) is 4.65. The van der Waals surface area contributed by atoms with Crippen molar-refractivity contribution in [2.75, 3.05) is 20.3 Å². The summed E-state index contributed by atoms with van der Waals surface area (Å²) in [6.45, 7) is 0.967. The lowest BCUT2D eigenvalue weighted by molar-refractivity contribution is -0.143. The van der Waals surface area contributed by atoms with Gasteiger partial charge >= 0.3 is 5.97 Å². The van der Waals surface area contributed by atoms with Crippen LogP contribution in [0.1, 0.15) is 19.3 Å². The van der Waals surface area contributed by atoms with Gasteiger partial charge in [-0.15, -0.1) is 0 Å². The molecule has 0 amide bonds. The fourth-order valence-corrected chi connectivity index (χ4v) is 1.09. The molecule has 4 heteroatoms. The minimum atomic E-state index is -0.635. The fraction of sp³-hybridized carbons (Fsp3) is 0.889. The molecule has 0 spiro atoms. The second-order valence-electron chi connectivity index (χ2n) is 3.44. The molecule has 76 valence electrons. The van der Waals surface area contributed by atoms with E-state index in [1.54, 1.807) is 0 Å². The Labute approximate surface area is 78.4 Å². The molecule has 0 saturated heterocycles. The lowest BCUT2D eigenvalue weighted by Crippen LogP contribution is -2.36. The zero-order chi connectivity index (χ0) is 9.68. The van der Waals surface area contributed by atoms with Crippen molar-refractivity contribution in [2.24, 2.45) is 11.7 Å². The maximum atomic E-state index is 10.8. The number of hydrogen-bond acceptors (Lipinski definition) is 4. The van der Waals surface area contributed by atoms with Gasteiger partial charge in [-0.25, -0.2) is 0 Å². The van der Waals surface area contributed by atoms with Gasteiger partial charge in [-0.1, -0.05) is 12.8 Å². The quantitative estimate of drug-likeness (QED) is 0.480. The number of methoxy groups -OCH3 is 1. The summed E-state index contributed by atoms with van der Waals surface area (Å²) in [5, 5.41) is 0. The zero-order valence-corrected chi connectivity index (χ0v) is 7.99. The van der Waals surface area contributed by atoms with E-state index < -0.39 is 12.0 Å². The van der Waals surface area contributed by atoms with E-state index in [0.717, 1.165) is 12.3 Å². The summed E-state index contributed by atoms with van der Waals surface area (Å²) in [5.74, 6) is 0.445. The van der Waals surface area contributed by atoms with Crippen molar-refractivity contribution in [2.45, 2.75) is 25.3 Å². The number of esters is 1. The summed E-state index contributed by atoms with van der Waals surface area (Å²) in [4.78, 5) is 10.8. The van der Waals surface area contributed by atoms with Gasteiger partial charge in [-0.2, -0.15) is 0 Å². The summed E-state index contributed by atoms with van der Waals surface area (Å²) in [7, 11) is 1.33. The zero-order valence-electron chi connectivity index (χ0n) is 7.99. The Kier molecular flexibility index (Phi) is 4.18. The summed E-state index contributed by atoms with van der Waals surface area (Å²) >= 11 is 0. The van der Waals surface area contributed by atoms with Crippen LogP contribution in [0.5, 0.6) is 0 Å². The highest BCUT2D eigenvalue weighted by atomic mass is 16.5. The minimum absolute atomic E-state index is 0.263. The van der Waals surface area contributed by atoms with Crippen LogP contribution in [0, 0.1) is 5.92 Å². The molecule has 0 aliphatic heterocycles. The first kappa shape index (κ1) is 10.5. The number of ether oxygens (including phenoxy) is 2. The largest absolute Gasteiger partial charge is 0.468 e. The third-order valence-corrected chi connectivity index (χ3v) is 2.17. The van der Waals surface area contributed by atoms with Crippen molar-refractivity contribution in [3.63, 3.8) is 0 Å². The number of carbonyl (C=O) groups excluding carboxylic acids is 1. The molecule has 0 aromatic rings. The summed E-state index contributed by atoms with van der Waals surface area (Å²) < 4.78 is 9.70. The standard InChI is InChI=1S/C9H17NO3/c1-12-9(11)8(10)6-13-5-4-7-2-3-7/h7-8H,2-6,10H2,1H3. The van der Waals surface area contributed by atoms with Crippen LogP contribution in [0.15, 0.2) is 0 Å². The van der Waals surface area contributed by atoms with E-state index in [9.17, 15) is 4.79 Å². The Hall–Kier alpha value is -0.610. The first-order chi connectivity index (χ1) is 6.24. The van der Waals surface area contributed by atoms with Crippen molar-refractivity contribution < 1.29 is 14.3 Å². The minimum Gasteiger partial charge on any atom is -0.468 e. The van der Waals surface area contributed by atoms with E-state index in [2.05, 4.69) is 4.74 Å². The fourth-order valence-electron chi connectivity index (χ4n) is 1.09. The van der Waals surface area contributed by atoms with Crippen LogP contribution in [-0.4, -0.2) is 32.3 Å². The Balaban J connectivity index is 1.93. The number of hydrogen-bond donors (Lipinski definition) is 1. The average Bonchev–Trinajstić information content (AvgIpc) is 2.94. The molecule has 0 heterocycles. The van der Waals surface area contributed by atoms with E-state index in [0.29, 0.717) is 6.61 Å². The lowest BCUT2D eigenvalue weighted by atomic mass is 10.3. The number of rotatable bonds is 6. The van der Waals surface area contributed by atoms with Crippen LogP contribution >= 0.6 is 0 Å². The van der Waals surface area contributed by atoms with Crippen LogP contribution in [0.25, 0.3) is 0 Å². The van der Waals surface area contributed by atoms with Gasteiger partial charge in [0.2, 0.25) is 0 Å². The van der Waals surface area contributed by atoms with E-state index >= 15 is 0 Å². The Morgan fingerprint density at radius 3 is 2.85 bits per heavy atom. The maximum Gasteiger partial charge on any atom is 0.325 e. The van der Waals surface area contributed by atoms with Gasteiger partial charge < -0.3 is 15.2 Å². The molecule has 1 fully saturated rings. The molecule has 0 bridgehead atoms. The Morgan fingerprint density at radius 2 is 2.31 bits per heavy atom. The number of nitrogens with two attached hydrogens (primary N) is 1. The summed E-state index contributed by atoms with van der Waals surface area (Å²) in [6.07, 6.45) is 3.74. The molecule has 4 nitrogen and oxygen atoms in total. The van der Waals surface area contributed by atoms with Crippen LogP contribution in [0.4, 0.5) is 0 Å². The van der Waals surface area contributed by atoms with Crippen LogP contribution in [-0.2, 0) is 14.3 Å². The molecule has 0 aromatic heterocycles. The van der Waals surface area contributed by atoms with Crippen molar-refractivity contribution in [3.8, 4) is 0 Å². The monoisotopic (exact) mass is 187 g/mol. The average molecular weight is 187 g/mol. The predicted molar refractivity (Wildman–Crippen MR) is 48.2 cm³/mol. The van der Waals surface area contributed by atoms with Crippen molar-refractivity contribution in [1.29, 1.82) is 0 Å². The van der Waals surface area contributed by atoms with Crippen LogP contribution in [0.2, 0.25) is 0 Å². The molecule has 13 heavy (non-hydrogen) atoms. The van der Waals surface area contributed by atoms with Crippen LogP contribution < -0.4 is 5.73 Å². The predicted octanol–water partition coefficient (Wildman–Crippen LogP) is 0.303. The molecule has 1 aliphatic carbocycles. The highest BCUT2D eigenvalue weighted by molar-refractivity contribution is 5.75.